The van der Waals surface area contributed by atoms with Gasteiger partial charge in [0.25, 0.3) is 0 Å². The van der Waals surface area contributed by atoms with Gasteiger partial charge in [0.1, 0.15) is 34.9 Å². The fourth-order valence-electron chi connectivity index (χ4n) is 5.45. The standard InChI is InChI=1S/C38H47N9O6/c1-38(2,3)53-37(50)44-27-14-10-12-24(18-27)13-11-17-52-31-22-26(35(40)49)20-29-33(31)47(36(43-6)45-29)16-9-8-15-46(23-41-4)32-28(42-5)19-25(34(39)48)21-30(32)51-7/h8-14,18-22,41H,5,15-17,23H2,1-4,6-7H3,(H2,39,48)(H2,40,49)(H,43,45)(H,44,50)/b9-8+,13-11+. The monoisotopic (exact) mass is 725 g/mol. The van der Waals surface area contributed by atoms with E-state index in [1.807, 2.05) is 59.0 Å². The van der Waals surface area contributed by atoms with Gasteiger partial charge in [0.05, 0.1) is 25.0 Å². The number of rotatable bonds is 17. The normalized spacial score (nSPS) is 11.5. The van der Waals surface area contributed by atoms with E-state index in [4.69, 9.17) is 30.7 Å². The van der Waals surface area contributed by atoms with Crippen molar-refractivity contribution in [3.8, 4) is 11.5 Å². The van der Waals surface area contributed by atoms with Gasteiger partial charge >= 0.3 is 6.09 Å². The number of aromatic nitrogens is 2. The molecule has 0 spiro atoms. The first-order valence-electron chi connectivity index (χ1n) is 16.7. The third-order valence-electron chi connectivity index (χ3n) is 7.67. The van der Waals surface area contributed by atoms with E-state index in [0.29, 0.717) is 65.3 Å². The van der Waals surface area contributed by atoms with Crippen molar-refractivity contribution in [2.45, 2.75) is 32.9 Å². The van der Waals surface area contributed by atoms with Crippen LogP contribution in [0.1, 0.15) is 47.1 Å². The summed E-state index contributed by atoms with van der Waals surface area (Å²) in [6, 6.07) is 13.7. The van der Waals surface area contributed by atoms with Crippen molar-refractivity contribution in [2.75, 3.05) is 56.6 Å². The molecule has 0 aliphatic carbocycles. The number of carbonyl (C=O) groups is 3. The zero-order valence-electron chi connectivity index (χ0n) is 30.9. The summed E-state index contributed by atoms with van der Waals surface area (Å²) in [5.41, 5.74) is 14.8. The number of primary amides is 2. The first kappa shape index (κ1) is 39.4. The maximum absolute atomic E-state index is 12.2. The molecular weight excluding hydrogens is 678 g/mol. The van der Waals surface area contributed by atoms with Crippen molar-refractivity contribution in [3.05, 3.63) is 83.4 Å². The van der Waals surface area contributed by atoms with E-state index in [2.05, 4.69) is 27.7 Å². The number of nitrogens with two attached hydrogens (primary N) is 2. The SMILES string of the molecule is C=Nc1cc(C(N)=O)cc(OC)c1N(C/C=C/Cn1c(NC)nc2cc(C(N)=O)cc(OC/C=C/c3cccc(NC(=O)OC(C)(C)C)c3)c21)CNC. The number of methoxy groups -OCH3 is 1. The van der Waals surface area contributed by atoms with Crippen LogP contribution < -0.4 is 41.8 Å². The van der Waals surface area contributed by atoms with Gasteiger partial charge in [-0.1, -0.05) is 30.4 Å². The number of nitrogens with zero attached hydrogens (tertiary/aromatic N) is 4. The minimum atomic E-state index is -0.617. The van der Waals surface area contributed by atoms with Crippen LogP contribution in [0.25, 0.3) is 17.1 Å². The number of amides is 3. The highest BCUT2D eigenvalue weighted by molar-refractivity contribution is 5.99. The second kappa shape index (κ2) is 17.7. The molecule has 7 N–H and O–H groups in total. The fraction of sp³-hybridized carbons (Fsp3) is 0.289. The summed E-state index contributed by atoms with van der Waals surface area (Å²) in [5.74, 6) is 0.182. The van der Waals surface area contributed by atoms with Gasteiger partial charge in [-0.3, -0.25) is 19.9 Å². The lowest BCUT2D eigenvalue weighted by atomic mass is 10.1. The van der Waals surface area contributed by atoms with Crippen LogP contribution in [0.3, 0.4) is 0 Å². The number of carbonyl (C=O) groups excluding carboxylic acids is 3. The van der Waals surface area contributed by atoms with Gasteiger partial charge in [-0.05, 0) is 82.6 Å². The fourth-order valence-corrected chi connectivity index (χ4v) is 5.45. The number of allylic oxidation sites excluding steroid dienone is 1. The Morgan fingerprint density at radius 3 is 2.36 bits per heavy atom. The first-order valence-corrected chi connectivity index (χ1v) is 16.7. The third kappa shape index (κ3) is 10.4. The van der Waals surface area contributed by atoms with E-state index in [1.54, 1.807) is 58.2 Å². The molecule has 4 rings (SSSR count). The molecule has 4 aromatic rings. The van der Waals surface area contributed by atoms with Crippen LogP contribution >= 0.6 is 0 Å². The Labute approximate surface area is 308 Å². The molecule has 0 unspecified atom stereocenters. The number of anilines is 3. The van der Waals surface area contributed by atoms with Crippen molar-refractivity contribution in [1.29, 1.82) is 0 Å². The summed E-state index contributed by atoms with van der Waals surface area (Å²) in [7, 11) is 5.08. The number of fused-ring (bicyclic) bond motifs is 1. The molecule has 0 aliphatic heterocycles. The van der Waals surface area contributed by atoms with Crippen molar-refractivity contribution >= 4 is 64.7 Å². The molecule has 3 aromatic carbocycles. The molecule has 15 heteroatoms. The van der Waals surface area contributed by atoms with E-state index in [9.17, 15) is 14.4 Å². The minimum absolute atomic E-state index is 0.159. The van der Waals surface area contributed by atoms with Gasteiger partial charge in [-0.2, -0.15) is 0 Å². The molecular formula is C38H47N9O6. The molecule has 0 aliphatic rings. The molecule has 1 heterocycles. The summed E-state index contributed by atoms with van der Waals surface area (Å²) in [4.78, 5) is 47.2. The van der Waals surface area contributed by atoms with Gasteiger partial charge in [-0.25, -0.2) is 9.78 Å². The van der Waals surface area contributed by atoms with Crippen molar-refractivity contribution in [2.24, 2.45) is 16.5 Å². The van der Waals surface area contributed by atoms with Crippen molar-refractivity contribution < 1.29 is 28.6 Å². The van der Waals surface area contributed by atoms with E-state index in [-0.39, 0.29) is 17.7 Å². The number of hydrogen-bond acceptors (Lipinski definition) is 11. The summed E-state index contributed by atoms with van der Waals surface area (Å²) < 4.78 is 19.1. The number of hydrogen-bond donors (Lipinski definition) is 5. The van der Waals surface area contributed by atoms with Gasteiger partial charge in [0, 0.05) is 37.0 Å². The van der Waals surface area contributed by atoms with Crippen LogP contribution in [0.2, 0.25) is 0 Å². The molecule has 1 aromatic heterocycles. The molecule has 0 fully saturated rings. The molecule has 280 valence electrons. The predicted molar refractivity (Wildman–Crippen MR) is 210 cm³/mol. The molecule has 53 heavy (non-hydrogen) atoms. The Bertz CT molecular complexity index is 2030. The molecule has 15 nitrogen and oxygen atoms in total. The average Bonchev–Trinajstić information content (AvgIpc) is 3.47. The molecule has 0 atom stereocenters. The van der Waals surface area contributed by atoms with Crippen LogP contribution in [-0.4, -0.2) is 80.8 Å². The summed E-state index contributed by atoms with van der Waals surface area (Å²) in [6.07, 6.45) is 7.08. The lowest BCUT2D eigenvalue weighted by molar-refractivity contribution is 0.0635. The van der Waals surface area contributed by atoms with Crippen LogP contribution in [0.5, 0.6) is 11.5 Å². The van der Waals surface area contributed by atoms with E-state index in [1.165, 1.54) is 7.11 Å². The molecule has 0 saturated carbocycles. The number of nitrogens with one attached hydrogen (secondary N) is 3. The summed E-state index contributed by atoms with van der Waals surface area (Å²) >= 11 is 0. The van der Waals surface area contributed by atoms with E-state index < -0.39 is 23.5 Å². The lowest BCUT2D eigenvalue weighted by Crippen LogP contribution is -2.33. The average molecular weight is 726 g/mol. The highest BCUT2D eigenvalue weighted by Crippen LogP contribution is 2.39. The Hall–Kier alpha value is -6.35. The summed E-state index contributed by atoms with van der Waals surface area (Å²) in [5, 5.41) is 9.01. The van der Waals surface area contributed by atoms with Gasteiger partial charge in [-0.15, -0.1) is 0 Å². The Balaban J connectivity index is 1.57. The summed E-state index contributed by atoms with van der Waals surface area (Å²) in [6.45, 7) is 10.5. The highest BCUT2D eigenvalue weighted by atomic mass is 16.6. The molecule has 0 radical (unpaired) electrons. The second-order valence-corrected chi connectivity index (χ2v) is 12.7. The maximum Gasteiger partial charge on any atom is 0.412 e. The topological polar surface area (TPSA) is 200 Å². The van der Waals surface area contributed by atoms with Crippen LogP contribution in [0, 0.1) is 0 Å². The van der Waals surface area contributed by atoms with E-state index >= 15 is 0 Å². The number of ether oxygens (including phenoxy) is 3. The van der Waals surface area contributed by atoms with E-state index in [0.717, 1.165) is 5.56 Å². The van der Waals surface area contributed by atoms with Crippen LogP contribution in [-0.2, 0) is 11.3 Å². The number of benzene rings is 3. The maximum atomic E-state index is 12.2. The molecule has 0 saturated heterocycles. The molecule has 3 amide bonds. The van der Waals surface area contributed by atoms with Crippen molar-refractivity contribution in [3.63, 3.8) is 0 Å². The van der Waals surface area contributed by atoms with Gasteiger partial charge < -0.3 is 45.8 Å². The van der Waals surface area contributed by atoms with Gasteiger partial charge in [0.15, 0.2) is 0 Å². The highest BCUT2D eigenvalue weighted by Gasteiger charge is 2.20. The predicted octanol–water partition coefficient (Wildman–Crippen LogP) is 5.30. The largest absolute Gasteiger partial charge is 0.494 e. The third-order valence-corrected chi connectivity index (χ3v) is 7.67. The number of imidazole rings is 1. The number of aliphatic imine (C=N–C) groups is 1. The lowest BCUT2D eigenvalue weighted by Gasteiger charge is -2.26. The van der Waals surface area contributed by atoms with Crippen LogP contribution in [0.4, 0.5) is 27.8 Å². The second-order valence-electron chi connectivity index (χ2n) is 12.7. The van der Waals surface area contributed by atoms with Crippen molar-refractivity contribution in [1.82, 2.24) is 14.9 Å². The van der Waals surface area contributed by atoms with Gasteiger partial charge in [0.2, 0.25) is 17.8 Å². The zero-order valence-corrected chi connectivity index (χ0v) is 30.9. The Morgan fingerprint density at radius 1 is 1.00 bits per heavy atom. The van der Waals surface area contributed by atoms with Crippen LogP contribution in [0.15, 0.2) is 71.8 Å². The zero-order chi connectivity index (χ0) is 38.7. The quantitative estimate of drug-likeness (QED) is 0.0541. The Kier molecular flexibility index (Phi) is 13.2. The smallest absolute Gasteiger partial charge is 0.412 e. The Morgan fingerprint density at radius 2 is 1.72 bits per heavy atom. The minimum Gasteiger partial charge on any atom is -0.494 e. The molecule has 0 bridgehead atoms. The first-order chi connectivity index (χ1) is 25.3.